The molecule has 0 radical (unpaired) electrons. The molecule has 0 bridgehead atoms. The van der Waals surface area contributed by atoms with Crippen LogP contribution in [-0.4, -0.2) is 24.2 Å². The molecule has 28 heavy (non-hydrogen) atoms. The smallest absolute Gasteiger partial charge is 0.341 e. The Hall–Kier alpha value is -2.64. The van der Waals surface area contributed by atoms with E-state index >= 15 is 0 Å². The minimum atomic E-state index is -0.470. The highest BCUT2D eigenvalue weighted by atomic mass is 32.2. The summed E-state index contributed by atoms with van der Waals surface area (Å²) >= 11 is 2.62. The van der Waals surface area contributed by atoms with Gasteiger partial charge < -0.3 is 10.1 Å². The van der Waals surface area contributed by atoms with Crippen molar-refractivity contribution in [2.24, 2.45) is 0 Å². The first kappa shape index (κ1) is 20.1. The first-order valence-corrected chi connectivity index (χ1v) is 10.4. The molecule has 0 fully saturated rings. The fraction of sp³-hybridized carbons (Fsp3) is 0.143. The number of nitrogens with one attached hydrogen (secondary N) is 1. The molecule has 0 spiro atoms. The van der Waals surface area contributed by atoms with Crippen molar-refractivity contribution in [3.8, 4) is 10.4 Å². The van der Waals surface area contributed by atoms with Gasteiger partial charge in [0.2, 0.25) is 5.91 Å². The second-order valence-corrected chi connectivity index (χ2v) is 7.83. The van der Waals surface area contributed by atoms with Crippen molar-refractivity contribution in [2.45, 2.75) is 11.8 Å². The van der Waals surface area contributed by atoms with Gasteiger partial charge in [0.1, 0.15) is 10.8 Å². The van der Waals surface area contributed by atoms with Gasteiger partial charge in [-0.05, 0) is 42.8 Å². The van der Waals surface area contributed by atoms with Crippen LogP contribution in [-0.2, 0) is 9.53 Å². The number of ether oxygens (including phenoxy) is 1. The van der Waals surface area contributed by atoms with Crippen LogP contribution in [0.3, 0.4) is 0 Å². The number of hydrogen-bond donors (Lipinski definition) is 1. The minimum absolute atomic E-state index is 0.145. The molecule has 3 aromatic rings. The lowest BCUT2D eigenvalue weighted by atomic mass is 10.1. The zero-order chi connectivity index (χ0) is 19.9. The molecule has 3 rings (SSSR count). The number of benzene rings is 2. The van der Waals surface area contributed by atoms with E-state index in [2.05, 4.69) is 5.32 Å². The molecule has 1 heterocycles. The molecule has 0 saturated carbocycles. The first-order valence-electron chi connectivity index (χ1n) is 8.61. The Morgan fingerprint density at radius 2 is 1.82 bits per heavy atom. The van der Waals surface area contributed by atoms with E-state index in [0.717, 1.165) is 15.3 Å². The molecule has 2 aromatic carbocycles. The molecule has 4 nitrogen and oxygen atoms in total. The first-order chi connectivity index (χ1) is 13.6. The molecule has 7 heteroatoms. The minimum Gasteiger partial charge on any atom is -0.462 e. The topological polar surface area (TPSA) is 55.4 Å². The summed E-state index contributed by atoms with van der Waals surface area (Å²) in [5.41, 5.74) is 1.30. The van der Waals surface area contributed by atoms with Crippen molar-refractivity contribution in [2.75, 3.05) is 17.7 Å². The van der Waals surface area contributed by atoms with Crippen LogP contribution in [0.15, 0.2) is 65.6 Å². The number of carbonyl (C=O) groups is 2. The Bertz CT molecular complexity index is 956. The van der Waals surface area contributed by atoms with Gasteiger partial charge in [0.25, 0.3) is 0 Å². The quantitative estimate of drug-likeness (QED) is 0.411. The van der Waals surface area contributed by atoms with Gasteiger partial charge in [-0.25, -0.2) is 9.18 Å². The van der Waals surface area contributed by atoms with Crippen LogP contribution in [0.2, 0.25) is 0 Å². The SMILES string of the molecule is CCOC(=O)c1cc(-c2ccccc2)sc1NC(=O)CSc1ccc(F)cc1. The van der Waals surface area contributed by atoms with Gasteiger partial charge in [0.05, 0.1) is 17.9 Å². The fourth-order valence-corrected chi connectivity index (χ4v) is 4.20. The highest BCUT2D eigenvalue weighted by Crippen LogP contribution is 2.36. The Labute approximate surface area is 170 Å². The van der Waals surface area contributed by atoms with Gasteiger partial charge in [-0.3, -0.25) is 4.79 Å². The van der Waals surface area contributed by atoms with Gasteiger partial charge in [-0.1, -0.05) is 30.3 Å². The van der Waals surface area contributed by atoms with Crippen LogP contribution in [0.4, 0.5) is 9.39 Å². The van der Waals surface area contributed by atoms with Crippen LogP contribution in [0.1, 0.15) is 17.3 Å². The van der Waals surface area contributed by atoms with Crippen LogP contribution >= 0.6 is 23.1 Å². The summed E-state index contributed by atoms with van der Waals surface area (Å²) in [6.07, 6.45) is 0. The molecule has 144 valence electrons. The lowest BCUT2D eigenvalue weighted by molar-refractivity contribution is -0.113. The maximum Gasteiger partial charge on any atom is 0.341 e. The second kappa shape index (κ2) is 9.52. The van der Waals surface area contributed by atoms with Crippen LogP contribution in [0.25, 0.3) is 10.4 Å². The highest BCUT2D eigenvalue weighted by molar-refractivity contribution is 8.00. The maximum atomic E-state index is 13.0. The summed E-state index contributed by atoms with van der Waals surface area (Å²) in [5, 5.41) is 3.27. The second-order valence-electron chi connectivity index (χ2n) is 5.73. The van der Waals surface area contributed by atoms with Crippen LogP contribution in [0.5, 0.6) is 0 Å². The number of carbonyl (C=O) groups excluding carboxylic acids is 2. The van der Waals surface area contributed by atoms with E-state index < -0.39 is 5.97 Å². The third-order valence-corrected chi connectivity index (χ3v) is 5.83. The van der Waals surface area contributed by atoms with E-state index in [0.29, 0.717) is 10.6 Å². The summed E-state index contributed by atoms with van der Waals surface area (Å²) < 4.78 is 18.1. The van der Waals surface area contributed by atoms with E-state index in [1.54, 1.807) is 25.1 Å². The number of amides is 1. The number of thioether (sulfide) groups is 1. The average Bonchev–Trinajstić information content (AvgIpc) is 3.12. The zero-order valence-electron chi connectivity index (χ0n) is 15.1. The maximum absolute atomic E-state index is 13.0. The Morgan fingerprint density at radius 3 is 2.50 bits per heavy atom. The third kappa shape index (κ3) is 5.21. The number of hydrogen-bond acceptors (Lipinski definition) is 5. The van der Waals surface area contributed by atoms with E-state index in [-0.39, 0.29) is 24.1 Å². The molecule has 1 aromatic heterocycles. The number of halogens is 1. The van der Waals surface area contributed by atoms with Gasteiger partial charge in [-0.15, -0.1) is 23.1 Å². The molecule has 1 amide bonds. The molecule has 0 aliphatic carbocycles. The van der Waals surface area contributed by atoms with Gasteiger partial charge in [-0.2, -0.15) is 0 Å². The summed E-state index contributed by atoms with van der Waals surface area (Å²) in [7, 11) is 0. The predicted molar refractivity (Wildman–Crippen MR) is 111 cm³/mol. The van der Waals surface area contributed by atoms with Crippen molar-refractivity contribution in [3.05, 3.63) is 72.0 Å². The Kier molecular flexibility index (Phi) is 6.84. The van der Waals surface area contributed by atoms with Crippen molar-refractivity contribution < 1.29 is 18.7 Å². The number of rotatable bonds is 7. The lowest BCUT2D eigenvalue weighted by Gasteiger charge is -2.06. The zero-order valence-corrected chi connectivity index (χ0v) is 16.7. The average molecular weight is 416 g/mol. The fourth-order valence-electron chi connectivity index (χ4n) is 2.43. The standard InChI is InChI=1S/C21H18FNO3S2/c1-2-26-21(25)17-12-18(14-6-4-3-5-7-14)28-20(17)23-19(24)13-27-16-10-8-15(22)9-11-16/h3-12H,2,13H2,1H3,(H,23,24). The highest BCUT2D eigenvalue weighted by Gasteiger charge is 2.19. The molecule has 0 unspecified atom stereocenters. The van der Waals surface area contributed by atoms with E-state index in [4.69, 9.17) is 4.74 Å². The van der Waals surface area contributed by atoms with E-state index in [9.17, 15) is 14.0 Å². The molecular formula is C21H18FNO3S2. The molecular weight excluding hydrogens is 397 g/mol. The monoisotopic (exact) mass is 415 g/mol. The molecule has 0 aliphatic heterocycles. The van der Waals surface area contributed by atoms with Crippen LogP contribution < -0.4 is 5.32 Å². The van der Waals surface area contributed by atoms with E-state index in [1.807, 2.05) is 30.3 Å². The predicted octanol–water partition coefficient (Wildman–Crippen LogP) is 5.46. The third-order valence-electron chi connectivity index (χ3n) is 3.72. The van der Waals surface area contributed by atoms with Gasteiger partial charge in [0, 0.05) is 9.77 Å². The molecule has 0 saturated heterocycles. The Morgan fingerprint density at radius 1 is 1.11 bits per heavy atom. The van der Waals surface area contributed by atoms with Crippen molar-refractivity contribution >= 4 is 40.0 Å². The number of anilines is 1. The molecule has 0 atom stereocenters. The van der Waals surface area contributed by atoms with Crippen molar-refractivity contribution in [1.29, 1.82) is 0 Å². The van der Waals surface area contributed by atoms with Gasteiger partial charge in [0.15, 0.2) is 0 Å². The number of esters is 1. The number of thiophene rings is 1. The van der Waals surface area contributed by atoms with Crippen molar-refractivity contribution in [3.63, 3.8) is 0 Å². The van der Waals surface area contributed by atoms with E-state index in [1.165, 1.54) is 35.2 Å². The summed E-state index contributed by atoms with van der Waals surface area (Å²) in [5.74, 6) is -0.893. The van der Waals surface area contributed by atoms with Crippen molar-refractivity contribution in [1.82, 2.24) is 0 Å². The lowest BCUT2D eigenvalue weighted by Crippen LogP contribution is -2.15. The largest absolute Gasteiger partial charge is 0.462 e. The normalized spacial score (nSPS) is 10.5. The molecule has 1 N–H and O–H groups in total. The Balaban J connectivity index is 1.75. The summed E-state index contributed by atoms with van der Waals surface area (Å²) in [6.45, 7) is 1.99. The van der Waals surface area contributed by atoms with Crippen LogP contribution in [0, 0.1) is 5.82 Å². The van der Waals surface area contributed by atoms with Gasteiger partial charge >= 0.3 is 5.97 Å². The summed E-state index contributed by atoms with van der Waals surface area (Å²) in [6, 6.07) is 17.3. The summed E-state index contributed by atoms with van der Waals surface area (Å²) in [4.78, 5) is 26.3. The molecule has 0 aliphatic rings.